The molecule has 7 nitrogen and oxygen atoms in total. The van der Waals surface area contributed by atoms with Crippen molar-refractivity contribution in [2.75, 3.05) is 14.2 Å². The fourth-order valence-corrected chi connectivity index (χ4v) is 2.96. The van der Waals surface area contributed by atoms with E-state index in [1.165, 1.54) is 19.2 Å². The molecule has 0 heterocycles. The SMILES string of the molecule is CNC(=O)CC[C@H](NS(=O)(=O)c1ccc(C)cc1)C(=O)OC. The van der Waals surface area contributed by atoms with E-state index in [0.29, 0.717) is 0 Å². The Balaban J connectivity index is 2.89. The Kier molecular flexibility index (Phi) is 6.51. The zero-order valence-electron chi connectivity index (χ0n) is 12.8. The van der Waals surface area contributed by atoms with E-state index < -0.39 is 22.0 Å². The lowest BCUT2D eigenvalue weighted by molar-refractivity contribution is -0.142. The summed E-state index contributed by atoms with van der Waals surface area (Å²) < 4.78 is 31.4. The molecule has 0 unspecified atom stereocenters. The highest BCUT2D eigenvalue weighted by Gasteiger charge is 2.26. The molecular formula is C14H20N2O5S. The van der Waals surface area contributed by atoms with Gasteiger partial charge in [0.2, 0.25) is 15.9 Å². The van der Waals surface area contributed by atoms with Gasteiger partial charge in [0.1, 0.15) is 6.04 Å². The van der Waals surface area contributed by atoms with E-state index in [1.54, 1.807) is 12.1 Å². The highest BCUT2D eigenvalue weighted by molar-refractivity contribution is 7.89. The molecule has 0 aliphatic rings. The van der Waals surface area contributed by atoms with E-state index in [0.717, 1.165) is 12.7 Å². The second kappa shape index (κ2) is 7.90. The molecule has 22 heavy (non-hydrogen) atoms. The monoisotopic (exact) mass is 328 g/mol. The van der Waals surface area contributed by atoms with Gasteiger partial charge in [-0.25, -0.2) is 8.42 Å². The summed E-state index contributed by atoms with van der Waals surface area (Å²) >= 11 is 0. The Bertz CT molecular complexity index is 625. The molecule has 1 aromatic rings. The maximum atomic E-state index is 12.3. The minimum atomic E-state index is -3.87. The van der Waals surface area contributed by atoms with Crippen LogP contribution >= 0.6 is 0 Å². The molecule has 8 heteroatoms. The van der Waals surface area contributed by atoms with Gasteiger partial charge in [-0.2, -0.15) is 4.72 Å². The predicted molar refractivity (Wildman–Crippen MR) is 80.6 cm³/mol. The van der Waals surface area contributed by atoms with Crippen LogP contribution in [-0.4, -0.2) is 40.5 Å². The smallest absolute Gasteiger partial charge is 0.323 e. The molecule has 0 bridgehead atoms. The Morgan fingerprint density at radius 2 is 1.82 bits per heavy atom. The number of benzene rings is 1. The number of hydrogen-bond acceptors (Lipinski definition) is 5. The summed E-state index contributed by atoms with van der Waals surface area (Å²) in [5.41, 5.74) is 0.920. The van der Waals surface area contributed by atoms with E-state index in [2.05, 4.69) is 14.8 Å². The van der Waals surface area contributed by atoms with Gasteiger partial charge in [-0.1, -0.05) is 17.7 Å². The van der Waals surface area contributed by atoms with Gasteiger partial charge in [0.25, 0.3) is 0 Å². The summed E-state index contributed by atoms with van der Waals surface area (Å²) in [7, 11) is -1.24. The number of hydrogen-bond donors (Lipinski definition) is 2. The number of aryl methyl sites for hydroxylation is 1. The minimum Gasteiger partial charge on any atom is -0.468 e. The Morgan fingerprint density at radius 1 is 1.23 bits per heavy atom. The first-order valence-corrected chi connectivity index (χ1v) is 8.16. The van der Waals surface area contributed by atoms with Crippen molar-refractivity contribution in [3.05, 3.63) is 29.8 Å². The zero-order valence-corrected chi connectivity index (χ0v) is 13.6. The predicted octanol–water partition coefficient (Wildman–Crippen LogP) is 0.341. The normalized spacial score (nSPS) is 12.5. The molecule has 1 rings (SSSR count). The van der Waals surface area contributed by atoms with Crippen LogP contribution in [0.3, 0.4) is 0 Å². The first kappa shape index (κ1) is 18.1. The molecule has 2 N–H and O–H groups in total. The summed E-state index contributed by atoms with van der Waals surface area (Å²) in [5, 5.41) is 2.41. The van der Waals surface area contributed by atoms with Gasteiger partial charge in [-0.3, -0.25) is 9.59 Å². The molecular weight excluding hydrogens is 308 g/mol. The van der Waals surface area contributed by atoms with Crippen LogP contribution in [0.2, 0.25) is 0 Å². The van der Waals surface area contributed by atoms with Crippen molar-refractivity contribution < 1.29 is 22.7 Å². The molecule has 122 valence electrons. The summed E-state index contributed by atoms with van der Waals surface area (Å²) in [6.45, 7) is 1.84. The second-order valence-electron chi connectivity index (χ2n) is 4.72. The number of ether oxygens (including phenoxy) is 1. The van der Waals surface area contributed by atoms with E-state index in [4.69, 9.17) is 0 Å². The molecule has 0 saturated carbocycles. The summed E-state index contributed by atoms with van der Waals surface area (Å²) in [6, 6.07) is 5.10. The first-order chi connectivity index (χ1) is 10.3. The van der Waals surface area contributed by atoms with Crippen LogP contribution in [0, 0.1) is 6.92 Å². The summed E-state index contributed by atoms with van der Waals surface area (Å²) in [5.74, 6) is -1.02. The van der Waals surface area contributed by atoms with Crippen molar-refractivity contribution in [2.24, 2.45) is 0 Å². The summed E-state index contributed by atoms with van der Waals surface area (Å²) in [4.78, 5) is 23.0. The van der Waals surface area contributed by atoms with Crippen LogP contribution in [0.15, 0.2) is 29.2 Å². The average molecular weight is 328 g/mol. The van der Waals surface area contributed by atoms with Gasteiger partial charge in [-0.15, -0.1) is 0 Å². The third kappa shape index (κ3) is 5.12. The van der Waals surface area contributed by atoms with Gasteiger partial charge < -0.3 is 10.1 Å². The largest absolute Gasteiger partial charge is 0.468 e. The fraction of sp³-hybridized carbons (Fsp3) is 0.429. The van der Waals surface area contributed by atoms with Crippen LogP contribution in [0.25, 0.3) is 0 Å². The maximum absolute atomic E-state index is 12.3. The molecule has 0 aromatic heterocycles. The molecule has 0 fully saturated rings. The number of amides is 1. The lowest BCUT2D eigenvalue weighted by Crippen LogP contribution is -2.42. The lowest BCUT2D eigenvalue weighted by Gasteiger charge is -2.16. The lowest BCUT2D eigenvalue weighted by atomic mass is 10.1. The highest BCUT2D eigenvalue weighted by atomic mass is 32.2. The van der Waals surface area contributed by atoms with Crippen LogP contribution in [0.1, 0.15) is 18.4 Å². The van der Waals surface area contributed by atoms with E-state index in [1.807, 2.05) is 6.92 Å². The van der Waals surface area contributed by atoms with E-state index in [9.17, 15) is 18.0 Å². The van der Waals surface area contributed by atoms with Crippen LogP contribution in [0.5, 0.6) is 0 Å². The third-order valence-corrected chi connectivity index (χ3v) is 4.54. The zero-order chi connectivity index (χ0) is 16.8. The number of carbonyl (C=O) groups is 2. The van der Waals surface area contributed by atoms with Crippen molar-refractivity contribution in [3.8, 4) is 0 Å². The van der Waals surface area contributed by atoms with Gasteiger partial charge in [-0.05, 0) is 25.5 Å². The standard InChI is InChI=1S/C14H20N2O5S/c1-10-4-6-11(7-5-10)22(19,20)16-12(14(18)21-3)8-9-13(17)15-2/h4-7,12,16H,8-9H2,1-3H3,(H,15,17)/t12-/m0/s1. The highest BCUT2D eigenvalue weighted by Crippen LogP contribution is 2.12. The molecule has 0 aliphatic carbocycles. The molecule has 0 saturated heterocycles. The van der Waals surface area contributed by atoms with Crippen LogP contribution in [-0.2, 0) is 24.3 Å². The van der Waals surface area contributed by atoms with Crippen LogP contribution < -0.4 is 10.0 Å². The summed E-state index contributed by atoms with van der Waals surface area (Å²) in [6.07, 6.45) is 0.0180. The van der Waals surface area contributed by atoms with Gasteiger partial charge in [0.05, 0.1) is 12.0 Å². The number of sulfonamides is 1. The first-order valence-electron chi connectivity index (χ1n) is 6.67. The molecule has 0 aliphatic heterocycles. The van der Waals surface area contributed by atoms with Crippen LogP contribution in [0.4, 0.5) is 0 Å². The number of methoxy groups -OCH3 is 1. The van der Waals surface area contributed by atoms with Crippen molar-refractivity contribution in [2.45, 2.75) is 30.7 Å². The Morgan fingerprint density at radius 3 is 2.32 bits per heavy atom. The van der Waals surface area contributed by atoms with E-state index in [-0.39, 0.29) is 23.6 Å². The topological polar surface area (TPSA) is 102 Å². The Hall–Kier alpha value is -1.93. The van der Waals surface area contributed by atoms with Crippen molar-refractivity contribution >= 4 is 21.9 Å². The molecule has 0 radical (unpaired) electrons. The van der Waals surface area contributed by atoms with Gasteiger partial charge >= 0.3 is 5.97 Å². The van der Waals surface area contributed by atoms with E-state index >= 15 is 0 Å². The van der Waals surface area contributed by atoms with Crippen molar-refractivity contribution in [1.29, 1.82) is 0 Å². The molecule has 1 atom stereocenters. The Labute approximate surface area is 130 Å². The van der Waals surface area contributed by atoms with Gasteiger partial charge in [0.15, 0.2) is 0 Å². The number of esters is 1. The number of rotatable bonds is 7. The quantitative estimate of drug-likeness (QED) is 0.703. The molecule has 1 aromatic carbocycles. The average Bonchev–Trinajstić information content (AvgIpc) is 2.50. The molecule has 0 spiro atoms. The molecule has 1 amide bonds. The third-order valence-electron chi connectivity index (χ3n) is 3.05. The van der Waals surface area contributed by atoms with Crippen molar-refractivity contribution in [1.82, 2.24) is 10.0 Å². The minimum absolute atomic E-state index is 0.00663. The maximum Gasteiger partial charge on any atom is 0.323 e. The number of carbonyl (C=O) groups excluding carboxylic acids is 2. The van der Waals surface area contributed by atoms with Gasteiger partial charge in [0, 0.05) is 13.5 Å². The number of nitrogens with one attached hydrogen (secondary N) is 2. The van der Waals surface area contributed by atoms with Crippen molar-refractivity contribution in [3.63, 3.8) is 0 Å². The fourth-order valence-electron chi connectivity index (χ4n) is 1.74. The second-order valence-corrected chi connectivity index (χ2v) is 6.44.